The number of rotatable bonds is 7. The third-order valence-electron chi connectivity index (χ3n) is 3.82. The highest BCUT2D eigenvalue weighted by Gasteiger charge is 2.15. The number of carbonyl (C=O) groups excluding carboxylic acids is 1. The lowest BCUT2D eigenvalue weighted by Crippen LogP contribution is -2.40. The van der Waals surface area contributed by atoms with Crippen molar-refractivity contribution in [1.29, 1.82) is 0 Å². The summed E-state index contributed by atoms with van der Waals surface area (Å²) >= 11 is 0. The molecule has 0 radical (unpaired) electrons. The van der Waals surface area contributed by atoms with Crippen LogP contribution in [-0.2, 0) is 9.47 Å². The number of amides is 2. The van der Waals surface area contributed by atoms with Gasteiger partial charge in [0, 0.05) is 32.8 Å². The maximum absolute atomic E-state index is 11.6. The molecule has 2 aliphatic heterocycles. The van der Waals surface area contributed by atoms with E-state index in [1.54, 1.807) is 0 Å². The number of hydrogen-bond donors (Lipinski definition) is 2. The zero-order valence-corrected chi connectivity index (χ0v) is 12.2. The van der Waals surface area contributed by atoms with E-state index < -0.39 is 0 Å². The second-order valence-corrected chi connectivity index (χ2v) is 5.41. The average Bonchev–Trinajstić information content (AvgIpc) is 2.98. The Morgan fingerprint density at radius 2 is 1.95 bits per heavy atom. The molecule has 2 saturated heterocycles. The molecule has 0 saturated carbocycles. The van der Waals surface area contributed by atoms with Gasteiger partial charge < -0.3 is 20.1 Å². The van der Waals surface area contributed by atoms with Crippen molar-refractivity contribution < 1.29 is 14.3 Å². The summed E-state index contributed by atoms with van der Waals surface area (Å²) in [6.45, 7) is 7.00. The molecule has 2 heterocycles. The molecular weight excluding hydrogens is 258 g/mol. The van der Waals surface area contributed by atoms with Crippen LogP contribution in [0.5, 0.6) is 0 Å². The van der Waals surface area contributed by atoms with Gasteiger partial charge in [0.05, 0.1) is 19.3 Å². The van der Waals surface area contributed by atoms with Crippen molar-refractivity contribution in [3.05, 3.63) is 0 Å². The molecule has 2 N–H and O–H groups in total. The number of carbonyl (C=O) groups is 1. The predicted molar refractivity (Wildman–Crippen MR) is 76.9 cm³/mol. The van der Waals surface area contributed by atoms with Gasteiger partial charge in [-0.3, -0.25) is 4.90 Å². The van der Waals surface area contributed by atoms with Crippen molar-refractivity contribution in [2.75, 3.05) is 52.5 Å². The minimum Gasteiger partial charge on any atom is -0.379 e. The second kappa shape index (κ2) is 9.15. The fourth-order valence-electron chi connectivity index (χ4n) is 2.61. The molecule has 0 aliphatic carbocycles. The van der Waals surface area contributed by atoms with Gasteiger partial charge in [0.15, 0.2) is 0 Å². The van der Waals surface area contributed by atoms with Crippen molar-refractivity contribution in [3.63, 3.8) is 0 Å². The molecule has 2 aliphatic rings. The van der Waals surface area contributed by atoms with E-state index in [0.29, 0.717) is 12.6 Å². The Labute approximate surface area is 121 Å². The Morgan fingerprint density at radius 3 is 2.70 bits per heavy atom. The van der Waals surface area contributed by atoms with E-state index in [1.807, 2.05) is 0 Å². The molecule has 2 rings (SSSR count). The van der Waals surface area contributed by atoms with Gasteiger partial charge in [-0.25, -0.2) is 4.79 Å². The monoisotopic (exact) mass is 285 g/mol. The maximum atomic E-state index is 11.6. The summed E-state index contributed by atoms with van der Waals surface area (Å²) in [4.78, 5) is 13.9. The van der Waals surface area contributed by atoms with Crippen LogP contribution in [0.25, 0.3) is 0 Å². The lowest BCUT2D eigenvalue weighted by molar-refractivity contribution is 0.0375. The minimum absolute atomic E-state index is 0.0648. The lowest BCUT2D eigenvalue weighted by Gasteiger charge is -2.26. The van der Waals surface area contributed by atoms with Gasteiger partial charge >= 0.3 is 6.03 Å². The topological polar surface area (TPSA) is 62.8 Å². The highest BCUT2D eigenvalue weighted by Crippen LogP contribution is 2.14. The van der Waals surface area contributed by atoms with Crippen LogP contribution in [0, 0.1) is 0 Å². The van der Waals surface area contributed by atoms with Crippen LogP contribution < -0.4 is 10.6 Å². The summed E-state index contributed by atoms with van der Waals surface area (Å²) in [6.07, 6.45) is 4.53. The first kappa shape index (κ1) is 15.5. The molecule has 0 aromatic carbocycles. The van der Waals surface area contributed by atoms with Crippen LogP contribution in [0.1, 0.15) is 25.7 Å². The second-order valence-electron chi connectivity index (χ2n) is 5.41. The molecule has 2 amide bonds. The van der Waals surface area contributed by atoms with Gasteiger partial charge in [-0.2, -0.15) is 0 Å². The first-order valence-electron chi connectivity index (χ1n) is 7.78. The van der Waals surface area contributed by atoms with E-state index in [2.05, 4.69) is 15.5 Å². The smallest absolute Gasteiger partial charge is 0.314 e. The summed E-state index contributed by atoms with van der Waals surface area (Å²) in [6, 6.07) is -0.0648. The third-order valence-corrected chi connectivity index (χ3v) is 3.82. The molecule has 2 fully saturated rings. The van der Waals surface area contributed by atoms with Gasteiger partial charge in [0.25, 0.3) is 0 Å². The molecule has 6 heteroatoms. The van der Waals surface area contributed by atoms with Gasteiger partial charge in [-0.05, 0) is 32.2 Å². The summed E-state index contributed by atoms with van der Waals surface area (Å²) in [5.74, 6) is 0. The van der Waals surface area contributed by atoms with Gasteiger partial charge in [0.2, 0.25) is 0 Å². The highest BCUT2D eigenvalue weighted by molar-refractivity contribution is 5.73. The molecule has 1 unspecified atom stereocenters. The zero-order chi connectivity index (χ0) is 14.0. The fraction of sp³-hybridized carbons (Fsp3) is 0.929. The molecule has 116 valence electrons. The molecule has 20 heavy (non-hydrogen) atoms. The van der Waals surface area contributed by atoms with E-state index in [4.69, 9.17) is 9.47 Å². The fourth-order valence-corrected chi connectivity index (χ4v) is 2.61. The molecule has 0 bridgehead atoms. The van der Waals surface area contributed by atoms with Gasteiger partial charge in [-0.15, -0.1) is 0 Å². The molecule has 0 aromatic heterocycles. The number of nitrogens with one attached hydrogen (secondary N) is 2. The maximum Gasteiger partial charge on any atom is 0.314 e. The van der Waals surface area contributed by atoms with Gasteiger partial charge in [-0.1, -0.05) is 0 Å². The van der Waals surface area contributed by atoms with Crippen LogP contribution in [0.15, 0.2) is 0 Å². The number of ether oxygens (including phenoxy) is 2. The number of nitrogens with zero attached hydrogens (tertiary/aromatic N) is 1. The van der Waals surface area contributed by atoms with E-state index in [-0.39, 0.29) is 6.03 Å². The summed E-state index contributed by atoms with van der Waals surface area (Å²) < 4.78 is 10.8. The van der Waals surface area contributed by atoms with Crippen LogP contribution in [-0.4, -0.2) is 69.6 Å². The van der Waals surface area contributed by atoms with E-state index in [0.717, 1.165) is 71.7 Å². The van der Waals surface area contributed by atoms with Crippen LogP contribution in [0.3, 0.4) is 0 Å². The summed E-state index contributed by atoms with van der Waals surface area (Å²) in [5, 5.41) is 5.78. The van der Waals surface area contributed by atoms with Crippen molar-refractivity contribution in [1.82, 2.24) is 15.5 Å². The average molecular weight is 285 g/mol. The SMILES string of the molecule is O=C(NCCCN1CCOCC1)NCCC1CCCO1. The first-order valence-corrected chi connectivity index (χ1v) is 7.78. The standard InChI is InChI=1S/C14H27N3O3/c18-14(16-6-4-13-3-1-10-20-13)15-5-2-7-17-8-11-19-12-9-17/h13H,1-12H2,(H2,15,16,18). The highest BCUT2D eigenvalue weighted by atomic mass is 16.5. The van der Waals surface area contributed by atoms with Crippen LogP contribution >= 0.6 is 0 Å². The van der Waals surface area contributed by atoms with E-state index in [1.165, 1.54) is 0 Å². The molecule has 6 nitrogen and oxygen atoms in total. The number of urea groups is 1. The van der Waals surface area contributed by atoms with Crippen molar-refractivity contribution in [2.24, 2.45) is 0 Å². The normalized spacial score (nSPS) is 23.7. The van der Waals surface area contributed by atoms with Crippen molar-refractivity contribution in [2.45, 2.75) is 31.8 Å². The summed E-state index contributed by atoms with van der Waals surface area (Å²) in [7, 11) is 0. The molecular formula is C14H27N3O3. The van der Waals surface area contributed by atoms with Crippen LogP contribution in [0.4, 0.5) is 4.79 Å². The molecule has 0 spiro atoms. The number of morpholine rings is 1. The molecule has 0 aromatic rings. The van der Waals surface area contributed by atoms with Crippen molar-refractivity contribution >= 4 is 6.03 Å². The Hall–Kier alpha value is -0.850. The predicted octanol–water partition coefficient (Wildman–Crippen LogP) is 0.577. The summed E-state index contributed by atoms with van der Waals surface area (Å²) in [5.41, 5.74) is 0. The first-order chi connectivity index (χ1) is 9.84. The Morgan fingerprint density at radius 1 is 1.15 bits per heavy atom. The number of hydrogen-bond acceptors (Lipinski definition) is 4. The van der Waals surface area contributed by atoms with Gasteiger partial charge in [0.1, 0.15) is 0 Å². The Bertz CT molecular complexity index is 277. The van der Waals surface area contributed by atoms with E-state index >= 15 is 0 Å². The Kier molecular flexibility index (Phi) is 7.11. The minimum atomic E-state index is -0.0648. The van der Waals surface area contributed by atoms with Crippen molar-refractivity contribution in [3.8, 4) is 0 Å². The molecule has 1 atom stereocenters. The largest absolute Gasteiger partial charge is 0.379 e. The van der Waals surface area contributed by atoms with E-state index in [9.17, 15) is 4.79 Å². The quantitative estimate of drug-likeness (QED) is 0.672. The Balaban J connectivity index is 1.41. The zero-order valence-electron chi connectivity index (χ0n) is 12.2. The lowest BCUT2D eigenvalue weighted by atomic mass is 10.2. The third kappa shape index (κ3) is 6.07. The van der Waals surface area contributed by atoms with Crippen LogP contribution in [0.2, 0.25) is 0 Å².